The number of hydrogen-bond acceptors (Lipinski definition) is 7. The van der Waals surface area contributed by atoms with Crippen molar-refractivity contribution in [1.29, 1.82) is 0 Å². The zero-order valence-corrected chi connectivity index (χ0v) is 6.16. The minimum Gasteiger partial charge on any atom is -0.566 e. The number of aliphatic hydroxyl groups is 1. The summed E-state index contributed by atoms with van der Waals surface area (Å²) in [4.78, 5) is 19.1. The molecule has 0 aromatic carbocycles. The van der Waals surface area contributed by atoms with Gasteiger partial charge in [-0.3, -0.25) is 0 Å². The molecule has 0 aromatic rings. The largest absolute Gasteiger partial charge is 0.566 e. The first-order valence-electron chi connectivity index (χ1n) is 1.83. The van der Waals surface area contributed by atoms with Gasteiger partial charge in [0.15, 0.2) is 0 Å². The summed E-state index contributed by atoms with van der Waals surface area (Å²) >= 11 is 0. The van der Waals surface area contributed by atoms with Crippen LogP contribution in [-0.2, 0) is 18.2 Å². The highest BCUT2D eigenvalue weighted by Crippen LogP contribution is 2.19. The van der Waals surface area contributed by atoms with Gasteiger partial charge in [-0.05, 0) is 9.13 Å². The van der Waals surface area contributed by atoms with Gasteiger partial charge in [0.25, 0.3) is 0 Å². The van der Waals surface area contributed by atoms with E-state index in [0.29, 0.717) is 0 Å². The average Bonchev–Trinajstić information content (AvgIpc) is 1.58. The van der Waals surface area contributed by atoms with E-state index in [1.54, 1.807) is 0 Å². The van der Waals surface area contributed by atoms with E-state index in [1.165, 1.54) is 0 Å². The summed E-state index contributed by atoms with van der Waals surface area (Å²) in [5.74, 6) is 0. The van der Waals surface area contributed by atoms with Crippen molar-refractivity contribution in [1.82, 2.24) is 0 Å². The SMILES string of the molecule is O=[P+]([O-])OC(O)O[P+](=O)[O-]. The molecule has 7 nitrogen and oxygen atoms in total. The van der Waals surface area contributed by atoms with Gasteiger partial charge in [-0.15, -0.1) is 0 Å². The van der Waals surface area contributed by atoms with E-state index in [9.17, 15) is 18.9 Å². The van der Waals surface area contributed by atoms with Crippen molar-refractivity contribution < 1.29 is 33.1 Å². The monoisotopic (exact) mass is 188 g/mol. The van der Waals surface area contributed by atoms with Gasteiger partial charge in [-0.25, -0.2) is 0 Å². The van der Waals surface area contributed by atoms with Crippen molar-refractivity contribution in [2.75, 3.05) is 0 Å². The van der Waals surface area contributed by atoms with Crippen LogP contribution in [0.4, 0.5) is 0 Å². The normalized spacial score (nSPS) is 16.3. The third-order valence-corrected chi connectivity index (χ3v) is 1.06. The van der Waals surface area contributed by atoms with Crippen molar-refractivity contribution in [3.63, 3.8) is 0 Å². The second-order valence-corrected chi connectivity index (χ2v) is 2.28. The Morgan fingerprint density at radius 1 is 1.20 bits per heavy atom. The second kappa shape index (κ2) is 4.76. The van der Waals surface area contributed by atoms with Gasteiger partial charge in [0, 0.05) is 0 Å². The summed E-state index contributed by atoms with van der Waals surface area (Å²) < 4.78 is 26.1. The van der Waals surface area contributed by atoms with Gasteiger partial charge in [-0.2, -0.15) is 0 Å². The Bertz CT molecular complexity index is 127. The third-order valence-electron chi connectivity index (χ3n) is 0.352. The molecule has 0 aromatic heterocycles. The zero-order valence-electron chi connectivity index (χ0n) is 4.37. The lowest BCUT2D eigenvalue weighted by Gasteiger charge is -1.95. The van der Waals surface area contributed by atoms with E-state index < -0.39 is 23.0 Å². The first kappa shape index (κ1) is 10.0. The Morgan fingerprint density at radius 2 is 1.50 bits per heavy atom. The number of hydrogen-bond donors (Lipinski definition) is 1. The molecule has 58 valence electrons. The van der Waals surface area contributed by atoms with E-state index in [2.05, 4.69) is 9.05 Å². The first-order chi connectivity index (χ1) is 4.52. The lowest BCUT2D eigenvalue weighted by atomic mass is 11.4. The molecule has 2 unspecified atom stereocenters. The van der Waals surface area contributed by atoms with Crippen LogP contribution in [0.5, 0.6) is 0 Å². The first-order valence-corrected chi connectivity index (χ1v) is 4.02. The van der Waals surface area contributed by atoms with Crippen molar-refractivity contribution in [2.45, 2.75) is 6.48 Å². The van der Waals surface area contributed by atoms with E-state index in [0.717, 1.165) is 0 Å². The van der Waals surface area contributed by atoms with Gasteiger partial charge in [0.2, 0.25) is 0 Å². The molecule has 0 fully saturated rings. The topological polar surface area (TPSA) is 119 Å². The molecule has 0 saturated heterocycles. The molecule has 0 aliphatic carbocycles. The standard InChI is InChI=1S/CH2O7P2/c2-1(7-9(3)4)8-10(5)6/h1-2H. The number of rotatable bonds is 4. The quantitative estimate of drug-likeness (QED) is 0.413. The van der Waals surface area contributed by atoms with Crippen LogP contribution in [0.15, 0.2) is 0 Å². The molecule has 0 heterocycles. The molecular formula is CH2O7P2. The molecule has 10 heavy (non-hydrogen) atoms. The summed E-state index contributed by atoms with van der Waals surface area (Å²) in [6, 6.07) is 0. The van der Waals surface area contributed by atoms with Crippen LogP contribution in [-0.4, -0.2) is 11.6 Å². The van der Waals surface area contributed by atoms with E-state index >= 15 is 0 Å². The van der Waals surface area contributed by atoms with Crippen LogP contribution in [0, 0.1) is 0 Å². The van der Waals surface area contributed by atoms with E-state index in [4.69, 9.17) is 5.11 Å². The fourth-order valence-electron chi connectivity index (χ4n) is 0.166. The molecular weight excluding hydrogens is 186 g/mol. The highest BCUT2D eigenvalue weighted by atomic mass is 31.1. The summed E-state index contributed by atoms with van der Waals surface area (Å²) in [6.07, 6.45) is 0. The fourth-order valence-corrected chi connectivity index (χ4v) is 0.615. The molecule has 0 aliphatic rings. The van der Waals surface area contributed by atoms with Crippen LogP contribution >= 0.6 is 16.5 Å². The highest BCUT2D eigenvalue weighted by Gasteiger charge is 2.20. The number of aliphatic hydroxyl groups excluding tert-OH is 1. The summed E-state index contributed by atoms with van der Waals surface area (Å²) in [6.45, 7) is -2.28. The Morgan fingerprint density at radius 3 is 1.70 bits per heavy atom. The smallest absolute Gasteiger partial charge is 0.493 e. The predicted molar refractivity (Wildman–Crippen MR) is 23.4 cm³/mol. The summed E-state index contributed by atoms with van der Waals surface area (Å²) in [5, 5.41) is 8.18. The molecule has 0 amide bonds. The molecule has 0 spiro atoms. The molecule has 0 aliphatic heterocycles. The van der Waals surface area contributed by atoms with Gasteiger partial charge < -0.3 is 14.9 Å². The Labute approximate surface area is 57.1 Å². The van der Waals surface area contributed by atoms with E-state index in [1.807, 2.05) is 0 Å². The van der Waals surface area contributed by atoms with Crippen LogP contribution < -0.4 is 9.79 Å². The van der Waals surface area contributed by atoms with Gasteiger partial charge >= 0.3 is 23.0 Å². The Balaban J connectivity index is 3.53. The van der Waals surface area contributed by atoms with Crippen LogP contribution in [0.3, 0.4) is 0 Å². The van der Waals surface area contributed by atoms with Crippen molar-refractivity contribution in [3.8, 4) is 0 Å². The van der Waals surface area contributed by atoms with Crippen LogP contribution in [0.2, 0.25) is 0 Å². The summed E-state index contributed by atoms with van der Waals surface area (Å²) in [7, 11) is -6.63. The van der Waals surface area contributed by atoms with Crippen molar-refractivity contribution in [3.05, 3.63) is 0 Å². The lowest BCUT2D eigenvalue weighted by molar-refractivity contribution is -0.252. The Kier molecular flexibility index (Phi) is 4.76. The van der Waals surface area contributed by atoms with Crippen LogP contribution in [0.25, 0.3) is 0 Å². The molecule has 9 heteroatoms. The molecule has 2 atom stereocenters. The molecule has 0 rings (SSSR count). The minimum absolute atomic E-state index is 2.28. The summed E-state index contributed by atoms with van der Waals surface area (Å²) in [5.41, 5.74) is 0. The maximum absolute atomic E-state index is 9.57. The molecule has 1 N–H and O–H groups in total. The highest BCUT2D eigenvalue weighted by molar-refractivity contribution is 7.31. The van der Waals surface area contributed by atoms with Crippen LogP contribution in [0.1, 0.15) is 0 Å². The Hall–Kier alpha value is -0.0000000000000000486. The van der Waals surface area contributed by atoms with Gasteiger partial charge in [0.05, 0.1) is 0 Å². The van der Waals surface area contributed by atoms with Crippen molar-refractivity contribution in [2.24, 2.45) is 0 Å². The zero-order chi connectivity index (χ0) is 8.15. The predicted octanol–water partition coefficient (Wildman–Crippen LogP) is -1.67. The minimum atomic E-state index is -3.31. The molecule has 0 saturated carbocycles. The maximum atomic E-state index is 9.57. The maximum Gasteiger partial charge on any atom is 0.493 e. The average molecular weight is 188 g/mol. The molecule has 0 bridgehead atoms. The van der Waals surface area contributed by atoms with E-state index in [-0.39, 0.29) is 0 Å². The van der Waals surface area contributed by atoms with Crippen molar-refractivity contribution >= 4 is 16.5 Å². The lowest BCUT2D eigenvalue weighted by Crippen LogP contribution is -2.12. The fraction of sp³-hybridized carbons (Fsp3) is 1.00. The van der Waals surface area contributed by atoms with Gasteiger partial charge in [-0.1, -0.05) is 9.05 Å². The molecule has 0 radical (unpaired) electrons. The second-order valence-electron chi connectivity index (χ2n) is 0.965. The van der Waals surface area contributed by atoms with Gasteiger partial charge in [0.1, 0.15) is 0 Å². The third kappa shape index (κ3) is 6.12.